The number of carbonyl (C=O) groups excluding carboxylic acids is 4. The van der Waals surface area contributed by atoms with E-state index in [2.05, 4.69) is 36.7 Å². The predicted octanol–water partition coefficient (Wildman–Crippen LogP) is 0.898. The molecule has 0 atom stereocenters. The molecule has 0 heterocycles. The number of hydrogen-bond acceptors (Lipinski definition) is 5. The van der Waals surface area contributed by atoms with Gasteiger partial charge in [-0.3, -0.25) is 19.2 Å². The van der Waals surface area contributed by atoms with E-state index in [0.29, 0.717) is 5.56 Å². The molecular weight excluding hydrogens is 362 g/mol. The van der Waals surface area contributed by atoms with Crippen LogP contribution in [0.2, 0.25) is 0 Å². The van der Waals surface area contributed by atoms with Gasteiger partial charge in [-0.2, -0.15) is 0 Å². The van der Waals surface area contributed by atoms with Crippen LogP contribution in [-0.2, 0) is 24.5 Å². The fourth-order valence-electron chi connectivity index (χ4n) is 2.18. The van der Waals surface area contributed by atoms with Gasteiger partial charge in [-0.25, -0.2) is 0 Å². The van der Waals surface area contributed by atoms with E-state index in [0.717, 1.165) is 5.56 Å². The highest BCUT2D eigenvalue weighted by Gasteiger charge is 2.15. The second kappa shape index (κ2) is 10.4. The number of amides is 3. The normalized spacial score (nSPS) is 10.9. The van der Waals surface area contributed by atoms with E-state index in [9.17, 15) is 19.2 Å². The van der Waals surface area contributed by atoms with Crippen LogP contribution in [0.4, 0.5) is 0 Å². The molecule has 0 radical (unpaired) electrons. The van der Waals surface area contributed by atoms with Crippen LogP contribution in [0, 0.1) is 0 Å². The summed E-state index contributed by atoms with van der Waals surface area (Å²) in [6.07, 6.45) is 0. The Morgan fingerprint density at radius 3 is 2.07 bits per heavy atom. The van der Waals surface area contributed by atoms with E-state index in [1.165, 1.54) is 0 Å². The minimum Gasteiger partial charge on any atom is -0.454 e. The monoisotopic (exact) mass is 391 g/mol. The Morgan fingerprint density at radius 1 is 0.929 bits per heavy atom. The Labute approximate surface area is 165 Å². The summed E-state index contributed by atoms with van der Waals surface area (Å²) in [5.74, 6) is -2.09. The number of benzene rings is 1. The van der Waals surface area contributed by atoms with Crippen molar-refractivity contribution in [3.05, 3.63) is 35.4 Å². The molecule has 8 heteroatoms. The van der Waals surface area contributed by atoms with Crippen LogP contribution in [0.3, 0.4) is 0 Å². The zero-order chi connectivity index (χ0) is 21.3. The Morgan fingerprint density at radius 2 is 1.54 bits per heavy atom. The molecule has 0 spiro atoms. The molecule has 28 heavy (non-hydrogen) atoms. The van der Waals surface area contributed by atoms with Crippen molar-refractivity contribution < 1.29 is 23.9 Å². The van der Waals surface area contributed by atoms with Crippen molar-refractivity contribution in [1.82, 2.24) is 16.0 Å². The molecule has 3 N–H and O–H groups in total. The highest BCUT2D eigenvalue weighted by molar-refractivity contribution is 5.96. The van der Waals surface area contributed by atoms with Crippen LogP contribution in [0.5, 0.6) is 0 Å². The van der Waals surface area contributed by atoms with Crippen molar-refractivity contribution in [1.29, 1.82) is 0 Å². The number of carbonyl (C=O) groups is 4. The fourth-order valence-corrected chi connectivity index (χ4v) is 2.18. The van der Waals surface area contributed by atoms with Crippen LogP contribution >= 0.6 is 0 Å². The molecule has 0 saturated carbocycles. The lowest BCUT2D eigenvalue weighted by Crippen LogP contribution is -2.41. The minimum absolute atomic E-state index is 0.0190. The highest BCUT2D eigenvalue weighted by Crippen LogP contribution is 2.22. The van der Waals surface area contributed by atoms with E-state index < -0.39 is 24.4 Å². The van der Waals surface area contributed by atoms with E-state index in [1.54, 1.807) is 26.0 Å². The molecule has 0 aliphatic carbocycles. The number of nitrogens with one attached hydrogen (secondary N) is 3. The van der Waals surface area contributed by atoms with Gasteiger partial charge in [-0.15, -0.1) is 0 Å². The third-order valence-electron chi connectivity index (χ3n) is 3.67. The van der Waals surface area contributed by atoms with Gasteiger partial charge in [-0.05, 0) is 37.0 Å². The van der Waals surface area contributed by atoms with Crippen LogP contribution in [0.1, 0.15) is 50.5 Å². The molecule has 0 aromatic heterocycles. The van der Waals surface area contributed by atoms with E-state index >= 15 is 0 Å². The van der Waals surface area contributed by atoms with E-state index in [1.807, 2.05) is 12.1 Å². The lowest BCUT2D eigenvalue weighted by atomic mass is 9.87. The van der Waals surface area contributed by atoms with Crippen molar-refractivity contribution >= 4 is 23.7 Å². The zero-order valence-electron chi connectivity index (χ0n) is 17.0. The Hall–Kier alpha value is -2.90. The first-order chi connectivity index (χ1) is 13.0. The van der Waals surface area contributed by atoms with E-state index in [4.69, 9.17) is 4.74 Å². The molecule has 154 valence electrons. The Balaban J connectivity index is 2.33. The minimum atomic E-state index is -0.749. The number of rotatable bonds is 8. The molecule has 0 fully saturated rings. The summed E-state index contributed by atoms with van der Waals surface area (Å²) in [5, 5.41) is 7.39. The van der Waals surface area contributed by atoms with Gasteiger partial charge in [0.25, 0.3) is 11.8 Å². The van der Waals surface area contributed by atoms with Gasteiger partial charge in [-0.1, -0.05) is 32.9 Å². The summed E-state index contributed by atoms with van der Waals surface area (Å²) < 4.78 is 4.77. The van der Waals surface area contributed by atoms with Gasteiger partial charge >= 0.3 is 5.97 Å². The third kappa shape index (κ3) is 8.66. The van der Waals surface area contributed by atoms with Gasteiger partial charge in [0.15, 0.2) is 6.61 Å². The lowest BCUT2D eigenvalue weighted by Gasteiger charge is -2.19. The van der Waals surface area contributed by atoms with Crippen LogP contribution in [0.15, 0.2) is 24.3 Å². The number of ether oxygens (including phenoxy) is 1. The molecule has 1 aromatic rings. The van der Waals surface area contributed by atoms with Crippen molar-refractivity contribution in [2.75, 3.05) is 19.7 Å². The van der Waals surface area contributed by atoms with Gasteiger partial charge in [0.05, 0.1) is 6.54 Å². The third-order valence-corrected chi connectivity index (χ3v) is 3.67. The summed E-state index contributed by atoms with van der Waals surface area (Å²) in [6.45, 7) is 8.74. The second-order valence-corrected chi connectivity index (χ2v) is 7.67. The van der Waals surface area contributed by atoms with Crippen LogP contribution < -0.4 is 16.0 Å². The molecule has 0 unspecified atom stereocenters. The molecule has 0 aliphatic heterocycles. The maximum Gasteiger partial charge on any atom is 0.325 e. The quantitative estimate of drug-likeness (QED) is 0.570. The smallest absolute Gasteiger partial charge is 0.325 e. The average Bonchev–Trinajstić information content (AvgIpc) is 2.61. The van der Waals surface area contributed by atoms with Crippen molar-refractivity contribution in [2.45, 2.75) is 46.1 Å². The first-order valence-electron chi connectivity index (χ1n) is 9.09. The largest absolute Gasteiger partial charge is 0.454 e. The molecule has 0 bridgehead atoms. The molecule has 0 saturated heterocycles. The first-order valence-corrected chi connectivity index (χ1v) is 9.09. The fraction of sp³-hybridized carbons (Fsp3) is 0.500. The van der Waals surface area contributed by atoms with E-state index in [-0.39, 0.29) is 30.5 Å². The van der Waals surface area contributed by atoms with Gasteiger partial charge in [0.2, 0.25) is 5.91 Å². The first kappa shape index (κ1) is 23.1. The molecule has 8 nitrogen and oxygen atoms in total. The number of esters is 1. The molecule has 1 aromatic carbocycles. The highest BCUT2D eigenvalue weighted by atomic mass is 16.5. The van der Waals surface area contributed by atoms with Gasteiger partial charge < -0.3 is 20.7 Å². The predicted molar refractivity (Wildman–Crippen MR) is 105 cm³/mol. The topological polar surface area (TPSA) is 114 Å². The standard InChI is InChI=1S/C20H29N3O5/c1-13(2)23-16(24)10-21-17(25)12-28-18(26)11-22-19(27)14-6-8-15(9-7-14)20(3,4)5/h6-9,13H,10-12H2,1-5H3,(H,21,25)(H,22,27)(H,23,24). The zero-order valence-corrected chi connectivity index (χ0v) is 17.0. The Bertz CT molecular complexity index is 706. The van der Waals surface area contributed by atoms with Gasteiger partial charge in [0, 0.05) is 11.6 Å². The molecule has 0 aliphatic rings. The van der Waals surface area contributed by atoms with Crippen LogP contribution in [0.25, 0.3) is 0 Å². The SMILES string of the molecule is CC(C)NC(=O)CNC(=O)COC(=O)CNC(=O)c1ccc(C(C)(C)C)cc1. The summed E-state index contributed by atoms with van der Waals surface area (Å²) >= 11 is 0. The van der Waals surface area contributed by atoms with Gasteiger partial charge in [0.1, 0.15) is 6.54 Å². The second-order valence-electron chi connectivity index (χ2n) is 7.67. The summed E-state index contributed by atoms with van der Waals surface area (Å²) in [6, 6.07) is 7.09. The van der Waals surface area contributed by atoms with Crippen molar-refractivity contribution in [2.24, 2.45) is 0 Å². The summed E-state index contributed by atoms with van der Waals surface area (Å²) in [7, 11) is 0. The maximum absolute atomic E-state index is 12.1. The maximum atomic E-state index is 12.1. The lowest BCUT2D eigenvalue weighted by molar-refractivity contribution is -0.147. The summed E-state index contributed by atoms with van der Waals surface area (Å²) in [5.41, 5.74) is 1.50. The molecule has 1 rings (SSSR count). The van der Waals surface area contributed by atoms with Crippen LogP contribution in [-0.4, -0.2) is 49.4 Å². The molecular formula is C20H29N3O5. The molecule has 3 amide bonds. The average molecular weight is 391 g/mol. The summed E-state index contributed by atoms with van der Waals surface area (Å²) in [4.78, 5) is 46.7. The van der Waals surface area contributed by atoms with Crippen molar-refractivity contribution in [3.63, 3.8) is 0 Å². The Kier molecular flexibility index (Phi) is 8.63. The van der Waals surface area contributed by atoms with Crippen molar-refractivity contribution in [3.8, 4) is 0 Å². The number of hydrogen-bond donors (Lipinski definition) is 3.